The average molecular weight is 252 g/mol. The van der Waals surface area contributed by atoms with Crippen LogP contribution < -0.4 is 5.32 Å². The van der Waals surface area contributed by atoms with Crippen LogP contribution in [0, 0.1) is 0 Å². The summed E-state index contributed by atoms with van der Waals surface area (Å²) < 4.78 is 5.17. The maximum Gasteiger partial charge on any atom is 0.231 e. The summed E-state index contributed by atoms with van der Waals surface area (Å²) in [5.41, 5.74) is 1.07. The van der Waals surface area contributed by atoms with Gasteiger partial charge in [0.2, 0.25) is 5.89 Å². The van der Waals surface area contributed by atoms with Gasteiger partial charge in [0.25, 0.3) is 0 Å². The van der Waals surface area contributed by atoms with Crippen LogP contribution in [0.25, 0.3) is 0 Å². The molecule has 0 spiro atoms. The Morgan fingerprint density at radius 1 is 1.41 bits per heavy atom. The van der Waals surface area contributed by atoms with Crippen LogP contribution in [0.15, 0.2) is 28.8 Å². The predicted molar refractivity (Wildman–Crippen MR) is 66.2 cm³/mol. The second kappa shape index (κ2) is 5.80. The third-order valence-electron chi connectivity index (χ3n) is 2.35. The molecule has 90 valence electrons. The second-order valence-electron chi connectivity index (χ2n) is 3.76. The van der Waals surface area contributed by atoms with Crippen LogP contribution in [-0.2, 0) is 12.8 Å². The molecular weight excluding hydrogens is 238 g/mol. The van der Waals surface area contributed by atoms with Gasteiger partial charge < -0.3 is 9.84 Å². The Bertz CT molecular complexity index is 484. The summed E-state index contributed by atoms with van der Waals surface area (Å²) in [5, 5.41) is 7.68. The van der Waals surface area contributed by atoms with Crippen LogP contribution in [0.4, 0.5) is 0 Å². The molecule has 0 saturated carbocycles. The lowest BCUT2D eigenvalue weighted by Gasteiger charge is -1.96. The van der Waals surface area contributed by atoms with Crippen molar-refractivity contribution in [3.05, 3.63) is 46.6 Å². The van der Waals surface area contributed by atoms with Gasteiger partial charge in [-0.05, 0) is 24.7 Å². The smallest absolute Gasteiger partial charge is 0.231 e. The quantitative estimate of drug-likeness (QED) is 0.884. The van der Waals surface area contributed by atoms with E-state index >= 15 is 0 Å². The fraction of sp³-hybridized carbons (Fsp3) is 0.333. The van der Waals surface area contributed by atoms with Gasteiger partial charge in [0.15, 0.2) is 5.82 Å². The summed E-state index contributed by atoms with van der Waals surface area (Å²) in [6.07, 6.45) is 1.39. The van der Waals surface area contributed by atoms with E-state index in [-0.39, 0.29) is 0 Å². The number of nitrogens with zero attached hydrogens (tertiary/aromatic N) is 2. The molecule has 0 unspecified atom stereocenters. The minimum atomic E-state index is 0.618. The number of nitrogens with one attached hydrogen (secondary N) is 1. The van der Waals surface area contributed by atoms with Crippen LogP contribution in [0.3, 0.4) is 0 Å². The van der Waals surface area contributed by atoms with E-state index in [2.05, 4.69) is 15.5 Å². The monoisotopic (exact) mass is 251 g/mol. The van der Waals surface area contributed by atoms with Gasteiger partial charge in [0, 0.05) is 18.0 Å². The lowest BCUT2D eigenvalue weighted by molar-refractivity contribution is 0.379. The first kappa shape index (κ1) is 12.1. The van der Waals surface area contributed by atoms with Crippen molar-refractivity contribution in [1.82, 2.24) is 15.5 Å². The minimum Gasteiger partial charge on any atom is -0.339 e. The second-order valence-corrected chi connectivity index (χ2v) is 4.20. The molecule has 0 bridgehead atoms. The molecule has 0 atom stereocenters. The normalized spacial score (nSPS) is 10.7. The van der Waals surface area contributed by atoms with Crippen molar-refractivity contribution in [1.29, 1.82) is 0 Å². The SMILES string of the molecule is CNCCc1noc(Cc2cccc(Cl)c2)n1. The Morgan fingerprint density at radius 2 is 2.29 bits per heavy atom. The molecule has 4 nitrogen and oxygen atoms in total. The van der Waals surface area contributed by atoms with Gasteiger partial charge in [0.1, 0.15) is 0 Å². The molecule has 5 heteroatoms. The Kier molecular flexibility index (Phi) is 4.12. The molecule has 0 aliphatic rings. The van der Waals surface area contributed by atoms with E-state index in [1.54, 1.807) is 0 Å². The third-order valence-corrected chi connectivity index (χ3v) is 2.59. The number of hydrogen-bond acceptors (Lipinski definition) is 4. The van der Waals surface area contributed by atoms with Crippen molar-refractivity contribution in [2.24, 2.45) is 0 Å². The highest BCUT2D eigenvalue weighted by Crippen LogP contribution is 2.13. The van der Waals surface area contributed by atoms with Crippen LogP contribution in [0.1, 0.15) is 17.3 Å². The van der Waals surface area contributed by atoms with Crippen LogP contribution in [0.5, 0.6) is 0 Å². The van der Waals surface area contributed by atoms with Gasteiger partial charge in [0.05, 0.1) is 6.42 Å². The first-order valence-corrected chi connectivity index (χ1v) is 5.86. The maximum atomic E-state index is 5.91. The lowest BCUT2D eigenvalue weighted by Crippen LogP contribution is -2.11. The molecule has 0 aliphatic heterocycles. The largest absolute Gasteiger partial charge is 0.339 e. The molecule has 1 aromatic carbocycles. The molecule has 0 amide bonds. The highest BCUT2D eigenvalue weighted by molar-refractivity contribution is 6.30. The highest BCUT2D eigenvalue weighted by atomic mass is 35.5. The first-order valence-electron chi connectivity index (χ1n) is 5.48. The van der Waals surface area contributed by atoms with E-state index in [0.717, 1.165) is 29.4 Å². The standard InChI is InChI=1S/C12H14ClN3O/c1-14-6-5-11-15-12(17-16-11)8-9-3-2-4-10(13)7-9/h2-4,7,14H,5-6,8H2,1H3. The Hall–Kier alpha value is -1.39. The Balaban J connectivity index is 2.01. The van der Waals surface area contributed by atoms with Gasteiger partial charge >= 0.3 is 0 Å². The number of aromatic nitrogens is 2. The number of likely N-dealkylation sites (N-methyl/N-ethyl adjacent to an activating group) is 1. The molecule has 2 aromatic rings. The number of halogens is 1. The summed E-state index contributed by atoms with van der Waals surface area (Å²) >= 11 is 5.91. The summed E-state index contributed by atoms with van der Waals surface area (Å²) in [6, 6.07) is 7.65. The lowest BCUT2D eigenvalue weighted by atomic mass is 10.1. The summed E-state index contributed by atoms with van der Waals surface area (Å²) in [4.78, 5) is 4.31. The summed E-state index contributed by atoms with van der Waals surface area (Å²) in [5.74, 6) is 1.36. The molecule has 0 fully saturated rings. The van der Waals surface area contributed by atoms with E-state index in [4.69, 9.17) is 16.1 Å². The van der Waals surface area contributed by atoms with E-state index in [1.165, 1.54) is 0 Å². The predicted octanol–water partition coefficient (Wildman–Crippen LogP) is 2.08. The van der Waals surface area contributed by atoms with Crippen LogP contribution in [-0.4, -0.2) is 23.7 Å². The van der Waals surface area contributed by atoms with Crippen molar-refractivity contribution in [2.45, 2.75) is 12.8 Å². The summed E-state index contributed by atoms with van der Waals surface area (Å²) in [6.45, 7) is 0.843. The number of rotatable bonds is 5. The molecule has 1 heterocycles. The molecule has 2 rings (SSSR count). The zero-order chi connectivity index (χ0) is 12.1. The zero-order valence-corrected chi connectivity index (χ0v) is 10.4. The summed E-state index contributed by atoms with van der Waals surface area (Å²) in [7, 11) is 1.90. The Labute approximate surface area is 105 Å². The molecule has 0 radical (unpaired) electrons. The van der Waals surface area contributed by atoms with E-state index in [1.807, 2.05) is 31.3 Å². The highest BCUT2D eigenvalue weighted by Gasteiger charge is 2.06. The molecule has 0 saturated heterocycles. The maximum absolute atomic E-state index is 5.91. The minimum absolute atomic E-state index is 0.618. The number of hydrogen-bond donors (Lipinski definition) is 1. The molecular formula is C12H14ClN3O. The van der Waals surface area contributed by atoms with Gasteiger partial charge in [-0.3, -0.25) is 0 Å². The molecule has 1 N–H and O–H groups in total. The first-order chi connectivity index (χ1) is 8.28. The van der Waals surface area contributed by atoms with Gasteiger partial charge in [-0.1, -0.05) is 28.9 Å². The van der Waals surface area contributed by atoms with Crippen molar-refractivity contribution in [3.8, 4) is 0 Å². The van der Waals surface area contributed by atoms with Gasteiger partial charge in [-0.15, -0.1) is 0 Å². The van der Waals surface area contributed by atoms with Crippen molar-refractivity contribution < 1.29 is 4.52 Å². The number of benzene rings is 1. The zero-order valence-electron chi connectivity index (χ0n) is 9.61. The fourth-order valence-corrected chi connectivity index (χ4v) is 1.73. The fourth-order valence-electron chi connectivity index (χ4n) is 1.52. The van der Waals surface area contributed by atoms with Crippen molar-refractivity contribution in [2.75, 3.05) is 13.6 Å². The Morgan fingerprint density at radius 3 is 3.06 bits per heavy atom. The molecule has 17 heavy (non-hydrogen) atoms. The van der Waals surface area contributed by atoms with E-state index < -0.39 is 0 Å². The van der Waals surface area contributed by atoms with Gasteiger partial charge in [-0.2, -0.15) is 4.98 Å². The van der Waals surface area contributed by atoms with Crippen LogP contribution in [0.2, 0.25) is 5.02 Å². The van der Waals surface area contributed by atoms with E-state index in [9.17, 15) is 0 Å². The van der Waals surface area contributed by atoms with Gasteiger partial charge in [-0.25, -0.2) is 0 Å². The molecule has 1 aromatic heterocycles. The average Bonchev–Trinajstić information content (AvgIpc) is 2.74. The topological polar surface area (TPSA) is 51.0 Å². The van der Waals surface area contributed by atoms with Crippen LogP contribution >= 0.6 is 11.6 Å². The van der Waals surface area contributed by atoms with E-state index in [0.29, 0.717) is 12.3 Å². The van der Waals surface area contributed by atoms with Crippen molar-refractivity contribution >= 4 is 11.6 Å². The van der Waals surface area contributed by atoms with Crippen molar-refractivity contribution in [3.63, 3.8) is 0 Å². The third kappa shape index (κ3) is 3.54. The molecule has 0 aliphatic carbocycles.